The van der Waals surface area contributed by atoms with Crippen molar-refractivity contribution in [3.63, 3.8) is 0 Å². The lowest BCUT2D eigenvalue weighted by atomic mass is 9.99. The lowest BCUT2D eigenvalue weighted by Crippen LogP contribution is -2.01. The van der Waals surface area contributed by atoms with E-state index in [2.05, 4.69) is 0 Å². The van der Waals surface area contributed by atoms with E-state index in [1.165, 1.54) is 0 Å². The Balaban J connectivity index is 2.59. The highest BCUT2D eigenvalue weighted by atomic mass is 16.7. The molecule has 4 nitrogen and oxygen atoms in total. The number of hydrogen-bond acceptors (Lipinski definition) is 3. The van der Waals surface area contributed by atoms with E-state index in [1.54, 1.807) is 13.2 Å². The fourth-order valence-corrected chi connectivity index (χ4v) is 2.13. The Morgan fingerprint density at radius 2 is 2.00 bits per heavy atom. The second-order valence-corrected chi connectivity index (χ2v) is 4.38. The summed E-state index contributed by atoms with van der Waals surface area (Å²) in [5, 5.41) is 10.6. The van der Waals surface area contributed by atoms with Crippen LogP contribution in [0.15, 0.2) is 36.4 Å². The van der Waals surface area contributed by atoms with E-state index in [0.717, 1.165) is 33.7 Å². The molecule has 0 aromatic heterocycles. The number of rotatable bonds is 5. The molecule has 20 heavy (non-hydrogen) atoms. The molecule has 0 spiro atoms. The molecule has 2 aromatic rings. The van der Waals surface area contributed by atoms with Crippen molar-refractivity contribution in [2.75, 3.05) is 13.9 Å². The van der Waals surface area contributed by atoms with Crippen molar-refractivity contribution in [2.24, 2.45) is 0 Å². The molecule has 0 atom stereocenters. The van der Waals surface area contributed by atoms with Crippen LogP contribution in [0.25, 0.3) is 16.8 Å². The predicted molar refractivity (Wildman–Crippen MR) is 77.9 cm³/mol. The van der Waals surface area contributed by atoms with Crippen LogP contribution in [0.1, 0.15) is 11.1 Å². The van der Waals surface area contributed by atoms with Gasteiger partial charge in [-0.1, -0.05) is 24.3 Å². The first-order chi connectivity index (χ1) is 9.63. The molecule has 0 heterocycles. The van der Waals surface area contributed by atoms with Crippen LogP contribution >= 0.6 is 0 Å². The molecule has 0 saturated heterocycles. The molecule has 0 aliphatic rings. The average molecular weight is 272 g/mol. The normalized spacial score (nSPS) is 11.1. The minimum atomic E-state index is -0.966. The van der Waals surface area contributed by atoms with E-state index in [9.17, 15) is 4.79 Å². The van der Waals surface area contributed by atoms with Crippen LogP contribution in [0, 0.1) is 6.92 Å². The Morgan fingerprint density at radius 3 is 2.65 bits per heavy atom. The predicted octanol–water partition coefficient (Wildman–Crippen LogP) is 3.23. The zero-order valence-corrected chi connectivity index (χ0v) is 11.4. The summed E-state index contributed by atoms with van der Waals surface area (Å²) in [6.45, 7) is 2.10. The minimum absolute atomic E-state index is 0.176. The van der Waals surface area contributed by atoms with Crippen molar-refractivity contribution in [1.82, 2.24) is 0 Å². The second kappa shape index (κ2) is 6.21. The molecule has 0 amide bonds. The maximum absolute atomic E-state index is 10.7. The molecule has 104 valence electrons. The number of aliphatic carboxylic acids is 1. The zero-order chi connectivity index (χ0) is 14.5. The Bertz CT molecular complexity index is 659. The van der Waals surface area contributed by atoms with Gasteiger partial charge in [0.15, 0.2) is 6.79 Å². The zero-order valence-electron chi connectivity index (χ0n) is 11.4. The molecular weight excluding hydrogens is 256 g/mol. The summed E-state index contributed by atoms with van der Waals surface area (Å²) in [5.74, 6) is -0.207. The van der Waals surface area contributed by atoms with E-state index in [-0.39, 0.29) is 6.79 Å². The molecule has 4 heteroatoms. The average Bonchev–Trinajstić information content (AvgIpc) is 2.44. The molecule has 2 rings (SSSR count). The monoisotopic (exact) mass is 272 g/mol. The fraction of sp³-hybridized carbons (Fsp3) is 0.188. The number of fused-ring (bicyclic) bond motifs is 1. The van der Waals surface area contributed by atoms with Gasteiger partial charge < -0.3 is 14.6 Å². The summed E-state index contributed by atoms with van der Waals surface area (Å²) in [6, 6.07) is 9.64. The molecule has 0 aliphatic carbocycles. The SMILES string of the molecule is COCOc1c(C)cc(/C=C/C(=O)O)c2ccccc12. The highest BCUT2D eigenvalue weighted by Gasteiger charge is 2.09. The molecule has 0 saturated carbocycles. The summed E-state index contributed by atoms with van der Waals surface area (Å²) in [6.07, 6.45) is 2.73. The Hall–Kier alpha value is -2.33. The molecule has 2 aromatic carbocycles. The van der Waals surface area contributed by atoms with E-state index in [0.29, 0.717) is 0 Å². The number of carbonyl (C=O) groups is 1. The first-order valence-corrected chi connectivity index (χ1v) is 6.18. The van der Waals surface area contributed by atoms with Gasteiger partial charge >= 0.3 is 5.97 Å². The van der Waals surface area contributed by atoms with Gasteiger partial charge in [-0.2, -0.15) is 0 Å². The number of carboxylic acid groups (broad SMARTS) is 1. The first kappa shape index (κ1) is 14.1. The number of benzene rings is 2. The van der Waals surface area contributed by atoms with Crippen LogP contribution in [0.4, 0.5) is 0 Å². The standard InChI is InChI=1S/C16H16O4/c1-11-9-12(7-8-15(17)18)13-5-3-4-6-14(13)16(11)20-10-19-2/h3-9H,10H2,1-2H3,(H,17,18)/b8-7+. The van der Waals surface area contributed by atoms with Crippen LogP contribution in [0.3, 0.4) is 0 Å². The number of aryl methyl sites for hydroxylation is 1. The smallest absolute Gasteiger partial charge is 0.328 e. The number of hydrogen-bond donors (Lipinski definition) is 1. The van der Waals surface area contributed by atoms with Crippen molar-refractivity contribution in [1.29, 1.82) is 0 Å². The summed E-state index contributed by atoms with van der Waals surface area (Å²) >= 11 is 0. The Kier molecular flexibility index (Phi) is 4.38. The highest BCUT2D eigenvalue weighted by Crippen LogP contribution is 2.33. The van der Waals surface area contributed by atoms with Crippen LogP contribution in [0.2, 0.25) is 0 Å². The van der Waals surface area contributed by atoms with E-state index >= 15 is 0 Å². The highest BCUT2D eigenvalue weighted by molar-refractivity contribution is 5.98. The molecule has 0 aliphatic heterocycles. The van der Waals surface area contributed by atoms with E-state index in [4.69, 9.17) is 14.6 Å². The lowest BCUT2D eigenvalue weighted by Gasteiger charge is -2.13. The summed E-state index contributed by atoms with van der Waals surface area (Å²) in [7, 11) is 1.57. The fourth-order valence-electron chi connectivity index (χ4n) is 2.13. The Labute approximate surface area is 117 Å². The topological polar surface area (TPSA) is 55.8 Å². The summed E-state index contributed by atoms with van der Waals surface area (Å²) in [5.41, 5.74) is 1.79. The number of carboxylic acids is 1. The van der Waals surface area contributed by atoms with Crippen LogP contribution in [-0.4, -0.2) is 25.0 Å². The van der Waals surface area contributed by atoms with Crippen LogP contribution in [0.5, 0.6) is 5.75 Å². The van der Waals surface area contributed by atoms with Gasteiger partial charge in [0.25, 0.3) is 0 Å². The third-order valence-corrected chi connectivity index (χ3v) is 2.94. The third kappa shape index (κ3) is 2.97. The van der Waals surface area contributed by atoms with Gasteiger partial charge in [0.2, 0.25) is 0 Å². The van der Waals surface area contributed by atoms with Gasteiger partial charge in [-0.3, -0.25) is 0 Å². The molecule has 1 N–H and O–H groups in total. The number of methoxy groups -OCH3 is 1. The molecule has 0 fully saturated rings. The van der Waals surface area contributed by atoms with Gasteiger partial charge in [-0.15, -0.1) is 0 Å². The molecule has 0 unspecified atom stereocenters. The maximum Gasteiger partial charge on any atom is 0.328 e. The quantitative estimate of drug-likeness (QED) is 0.670. The number of ether oxygens (including phenoxy) is 2. The largest absolute Gasteiger partial charge is 0.478 e. The van der Waals surface area contributed by atoms with E-state index < -0.39 is 5.97 Å². The van der Waals surface area contributed by atoms with Crippen LogP contribution < -0.4 is 4.74 Å². The Morgan fingerprint density at radius 1 is 1.30 bits per heavy atom. The van der Waals surface area contributed by atoms with Gasteiger partial charge in [0.05, 0.1) is 0 Å². The van der Waals surface area contributed by atoms with Crippen molar-refractivity contribution in [3.8, 4) is 5.75 Å². The lowest BCUT2D eigenvalue weighted by molar-refractivity contribution is -0.131. The third-order valence-electron chi connectivity index (χ3n) is 2.94. The maximum atomic E-state index is 10.7. The van der Waals surface area contributed by atoms with E-state index in [1.807, 2.05) is 37.3 Å². The minimum Gasteiger partial charge on any atom is -0.478 e. The van der Waals surface area contributed by atoms with Crippen LogP contribution in [-0.2, 0) is 9.53 Å². The summed E-state index contributed by atoms with van der Waals surface area (Å²) < 4.78 is 10.6. The second-order valence-electron chi connectivity index (χ2n) is 4.38. The van der Waals surface area contributed by atoms with Crippen molar-refractivity contribution in [3.05, 3.63) is 47.5 Å². The van der Waals surface area contributed by atoms with Gasteiger partial charge in [0, 0.05) is 18.6 Å². The molecule has 0 radical (unpaired) electrons. The van der Waals surface area contributed by atoms with Crippen molar-refractivity contribution < 1.29 is 19.4 Å². The van der Waals surface area contributed by atoms with Crippen molar-refractivity contribution in [2.45, 2.75) is 6.92 Å². The van der Waals surface area contributed by atoms with Gasteiger partial charge in [-0.05, 0) is 35.6 Å². The van der Waals surface area contributed by atoms with Gasteiger partial charge in [0.1, 0.15) is 5.75 Å². The summed E-state index contributed by atoms with van der Waals surface area (Å²) in [4.78, 5) is 10.7. The molecular formula is C16H16O4. The first-order valence-electron chi connectivity index (χ1n) is 6.18. The van der Waals surface area contributed by atoms with Crippen molar-refractivity contribution >= 4 is 22.8 Å². The van der Waals surface area contributed by atoms with Gasteiger partial charge in [-0.25, -0.2) is 4.79 Å². The molecule has 0 bridgehead atoms.